The first-order valence-electron chi connectivity index (χ1n) is 7.75. The Morgan fingerprint density at radius 1 is 1.30 bits per heavy atom. The molecule has 1 fully saturated rings. The van der Waals surface area contributed by atoms with Crippen molar-refractivity contribution in [2.24, 2.45) is 5.73 Å². The number of hydrogen-bond acceptors (Lipinski definition) is 4. The molecule has 2 unspecified atom stereocenters. The average Bonchev–Trinajstić information content (AvgIpc) is 3.09. The van der Waals surface area contributed by atoms with Crippen LogP contribution in [-0.2, 0) is 0 Å². The predicted octanol–water partition coefficient (Wildman–Crippen LogP) is 2.47. The summed E-state index contributed by atoms with van der Waals surface area (Å²) in [6.07, 6.45) is 0. The molecule has 1 aromatic heterocycles. The van der Waals surface area contributed by atoms with Gasteiger partial charge in [0.25, 0.3) is 5.91 Å². The van der Waals surface area contributed by atoms with Crippen molar-refractivity contribution in [1.29, 1.82) is 0 Å². The first-order chi connectivity index (χ1) is 11.0. The molecule has 1 aliphatic heterocycles. The highest BCUT2D eigenvalue weighted by Gasteiger charge is 2.35. The second-order valence-corrected chi connectivity index (χ2v) is 6.08. The Bertz CT molecular complexity index is 723. The number of ether oxygens (including phenoxy) is 1. The predicted molar refractivity (Wildman–Crippen MR) is 87.8 cm³/mol. The van der Waals surface area contributed by atoms with E-state index in [4.69, 9.17) is 14.9 Å². The zero-order valence-corrected chi connectivity index (χ0v) is 13.7. The van der Waals surface area contributed by atoms with Gasteiger partial charge in [0.15, 0.2) is 0 Å². The van der Waals surface area contributed by atoms with Crippen molar-refractivity contribution >= 4 is 5.91 Å². The van der Waals surface area contributed by atoms with Crippen LogP contribution in [0.4, 0.5) is 0 Å². The van der Waals surface area contributed by atoms with Gasteiger partial charge < -0.3 is 19.8 Å². The van der Waals surface area contributed by atoms with E-state index in [1.165, 1.54) is 0 Å². The summed E-state index contributed by atoms with van der Waals surface area (Å²) in [5.41, 5.74) is 8.02. The van der Waals surface area contributed by atoms with E-state index >= 15 is 0 Å². The maximum Gasteiger partial charge on any atom is 0.257 e. The number of nitrogens with two attached hydrogens (primary N) is 1. The molecule has 5 nitrogen and oxygen atoms in total. The monoisotopic (exact) mass is 314 g/mol. The molecule has 2 heterocycles. The van der Waals surface area contributed by atoms with Crippen molar-refractivity contribution in [2.45, 2.75) is 25.8 Å². The first kappa shape index (κ1) is 15.6. The summed E-state index contributed by atoms with van der Waals surface area (Å²) in [5.74, 6) is 2.31. The zero-order valence-electron chi connectivity index (χ0n) is 13.7. The van der Waals surface area contributed by atoms with Crippen LogP contribution < -0.4 is 10.5 Å². The molecule has 1 aromatic carbocycles. The molecule has 3 rings (SSSR count). The molecule has 1 saturated heterocycles. The summed E-state index contributed by atoms with van der Waals surface area (Å²) in [6, 6.07) is 9.60. The molecule has 0 saturated carbocycles. The van der Waals surface area contributed by atoms with Gasteiger partial charge in [0.2, 0.25) is 0 Å². The van der Waals surface area contributed by atoms with E-state index in [1.54, 1.807) is 13.2 Å². The fourth-order valence-corrected chi connectivity index (χ4v) is 3.23. The van der Waals surface area contributed by atoms with Crippen LogP contribution in [0.15, 0.2) is 34.7 Å². The minimum atomic E-state index is -0.0839. The van der Waals surface area contributed by atoms with Crippen LogP contribution in [0.1, 0.15) is 33.4 Å². The Morgan fingerprint density at radius 3 is 2.74 bits per heavy atom. The van der Waals surface area contributed by atoms with Crippen molar-refractivity contribution in [2.75, 3.05) is 20.2 Å². The quantitative estimate of drug-likeness (QED) is 0.945. The number of aryl methyl sites for hydroxylation is 2. The van der Waals surface area contributed by atoms with Crippen LogP contribution in [0.2, 0.25) is 0 Å². The number of methoxy groups -OCH3 is 1. The second-order valence-electron chi connectivity index (χ2n) is 6.08. The van der Waals surface area contributed by atoms with Crippen LogP contribution in [0.25, 0.3) is 0 Å². The van der Waals surface area contributed by atoms with Gasteiger partial charge in [0.1, 0.15) is 17.3 Å². The molecule has 122 valence electrons. The molecule has 2 aromatic rings. The van der Waals surface area contributed by atoms with E-state index in [0.717, 1.165) is 17.1 Å². The summed E-state index contributed by atoms with van der Waals surface area (Å²) >= 11 is 0. The van der Waals surface area contributed by atoms with E-state index in [-0.39, 0.29) is 17.9 Å². The van der Waals surface area contributed by atoms with Gasteiger partial charge in [-0.05, 0) is 37.6 Å². The third-order valence-corrected chi connectivity index (χ3v) is 4.45. The summed E-state index contributed by atoms with van der Waals surface area (Å²) in [7, 11) is 1.65. The number of nitrogens with zero attached hydrogens (tertiary/aromatic N) is 1. The van der Waals surface area contributed by atoms with Crippen LogP contribution in [-0.4, -0.2) is 37.0 Å². The molecule has 0 radical (unpaired) electrons. The van der Waals surface area contributed by atoms with Crippen LogP contribution in [0.3, 0.4) is 0 Å². The van der Waals surface area contributed by atoms with Crippen LogP contribution in [0, 0.1) is 13.8 Å². The normalized spacial score (nSPS) is 20.8. The van der Waals surface area contributed by atoms with Gasteiger partial charge in [-0.25, -0.2) is 0 Å². The van der Waals surface area contributed by atoms with Crippen LogP contribution in [0.5, 0.6) is 5.75 Å². The lowest BCUT2D eigenvalue weighted by molar-refractivity contribution is 0.0787. The lowest BCUT2D eigenvalue weighted by Gasteiger charge is -2.16. The van der Waals surface area contributed by atoms with E-state index in [0.29, 0.717) is 24.4 Å². The van der Waals surface area contributed by atoms with E-state index in [2.05, 4.69) is 0 Å². The lowest BCUT2D eigenvalue weighted by atomic mass is 9.95. The molecule has 0 spiro atoms. The largest absolute Gasteiger partial charge is 0.497 e. The molecule has 1 amide bonds. The van der Waals surface area contributed by atoms with E-state index in [1.807, 2.05) is 43.0 Å². The molecule has 5 heteroatoms. The molecule has 2 N–H and O–H groups in total. The third-order valence-electron chi connectivity index (χ3n) is 4.45. The molecular weight excluding hydrogens is 292 g/mol. The Kier molecular flexibility index (Phi) is 4.13. The molecule has 2 atom stereocenters. The molecule has 0 bridgehead atoms. The number of carbonyl (C=O) groups is 1. The molecule has 0 aliphatic carbocycles. The highest BCUT2D eigenvalue weighted by atomic mass is 16.5. The minimum Gasteiger partial charge on any atom is -0.497 e. The summed E-state index contributed by atoms with van der Waals surface area (Å²) in [6.45, 7) is 4.82. The number of benzene rings is 1. The minimum absolute atomic E-state index is 0.0137. The van der Waals surface area contributed by atoms with Gasteiger partial charge in [-0.2, -0.15) is 0 Å². The number of furan rings is 1. The smallest absolute Gasteiger partial charge is 0.257 e. The Balaban J connectivity index is 1.80. The topological polar surface area (TPSA) is 68.7 Å². The zero-order chi connectivity index (χ0) is 16.6. The van der Waals surface area contributed by atoms with Crippen molar-refractivity contribution in [3.8, 4) is 5.75 Å². The fourth-order valence-electron chi connectivity index (χ4n) is 3.23. The van der Waals surface area contributed by atoms with Gasteiger partial charge in [-0.1, -0.05) is 12.1 Å². The standard InChI is InChI=1S/C18H22N2O3/c1-11-7-15(12(2)23-11)18(21)20-9-16(17(19)10-20)13-5-4-6-14(8-13)22-3/h4-8,16-17H,9-10,19H2,1-3H3. The van der Waals surface area contributed by atoms with Gasteiger partial charge >= 0.3 is 0 Å². The second kappa shape index (κ2) is 6.08. The van der Waals surface area contributed by atoms with E-state index in [9.17, 15) is 4.79 Å². The molecule has 1 aliphatic rings. The van der Waals surface area contributed by atoms with Crippen LogP contribution >= 0.6 is 0 Å². The first-order valence-corrected chi connectivity index (χ1v) is 7.75. The number of carbonyl (C=O) groups excluding carboxylic acids is 1. The highest BCUT2D eigenvalue weighted by Crippen LogP contribution is 2.30. The van der Waals surface area contributed by atoms with Gasteiger partial charge in [-0.3, -0.25) is 4.79 Å². The third kappa shape index (κ3) is 2.97. The fraction of sp³-hybridized carbons (Fsp3) is 0.389. The van der Waals surface area contributed by atoms with Crippen molar-refractivity contribution in [3.63, 3.8) is 0 Å². The number of likely N-dealkylation sites (tertiary alicyclic amines) is 1. The number of rotatable bonds is 3. The summed E-state index contributed by atoms with van der Waals surface area (Å²) < 4.78 is 10.7. The maximum atomic E-state index is 12.7. The summed E-state index contributed by atoms with van der Waals surface area (Å²) in [4.78, 5) is 14.5. The Hall–Kier alpha value is -2.27. The number of hydrogen-bond donors (Lipinski definition) is 1. The highest BCUT2D eigenvalue weighted by molar-refractivity contribution is 5.95. The van der Waals surface area contributed by atoms with Crippen molar-refractivity contribution in [1.82, 2.24) is 4.90 Å². The molecular formula is C18H22N2O3. The SMILES string of the molecule is COc1cccc(C2CN(C(=O)c3cc(C)oc3C)CC2N)c1. The van der Waals surface area contributed by atoms with Gasteiger partial charge in [0.05, 0.1) is 12.7 Å². The van der Waals surface area contributed by atoms with Crippen molar-refractivity contribution < 1.29 is 13.9 Å². The molecule has 23 heavy (non-hydrogen) atoms. The number of amides is 1. The lowest BCUT2D eigenvalue weighted by Crippen LogP contribution is -2.32. The summed E-state index contributed by atoms with van der Waals surface area (Å²) in [5, 5.41) is 0. The van der Waals surface area contributed by atoms with E-state index < -0.39 is 0 Å². The average molecular weight is 314 g/mol. The van der Waals surface area contributed by atoms with Gasteiger partial charge in [-0.15, -0.1) is 0 Å². The maximum absolute atomic E-state index is 12.7. The Labute approximate surface area is 136 Å². The van der Waals surface area contributed by atoms with Gasteiger partial charge in [0, 0.05) is 25.0 Å². The van der Waals surface area contributed by atoms with Crippen molar-refractivity contribution in [3.05, 3.63) is 53.0 Å². The Morgan fingerprint density at radius 2 is 2.09 bits per heavy atom.